The maximum Gasteiger partial charge on any atom is 0.319 e. The third kappa shape index (κ3) is 3.05. The van der Waals surface area contributed by atoms with E-state index in [1.54, 1.807) is 19.0 Å². The molecule has 1 fully saturated rings. The molecule has 88 valence electrons. The van der Waals surface area contributed by atoms with Gasteiger partial charge in [-0.2, -0.15) is 12.7 Å². The largest absolute Gasteiger partial charge is 0.331 e. The summed E-state index contributed by atoms with van der Waals surface area (Å²) >= 11 is 0. The van der Waals surface area contributed by atoms with Crippen molar-refractivity contribution in [2.75, 3.05) is 40.3 Å². The van der Waals surface area contributed by atoms with Crippen molar-refractivity contribution < 1.29 is 13.2 Å². The molecule has 1 aliphatic heterocycles. The molecule has 2 amide bonds. The lowest BCUT2D eigenvalue weighted by molar-refractivity contribution is 0.149. The van der Waals surface area contributed by atoms with Crippen LogP contribution in [0, 0.1) is 0 Å². The standard InChI is InChI=1S/C7H16N4O3S/c1-9(2)7(12)10-3-5-11(6-4-10)15(8,13)14/h3-6H2,1-2H3,(H2,8,13,14). The molecule has 1 saturated heterocycles. The van der Waals surface area contributed by atoms with Gasteiger partial charge in [0.25, 0.3) is 10.2 Å². The maximum absolute atomic E-state index is 11.5. The summed E-state index contributed by atoms with van der Waals surface area (Å²) in [5.41, 5.74) is 0. The highest BCUT2D eigenvalue weighted by Crippen LogP contribution is 2.05. The van der Waals surface area contributed by atoms with Gasteiger partial charge in [0.2, 0.25) is 0 Å². The van der Waals surface area contributed by atoms with Crippen LogP contribution >= 0.6 is 0 Å². The summed E-state index contributed by atoms with van der Waals surface area (Å²) in [5.74, 6) is 0. The van der Waals surface area contributed by atoms with Gasteiger partial charge in [-0.05, 0) is 0 Å². The van der Waals surface area contributed by atoms with Crippen molar-refractivity contribution in [2.24, 2.45) is 5.14 Å². The summed E-state index contributed by atoms with van der Waals surface area (Å²) in [6.45, 7) is 1.29. The smallest absolute Gasteiger partial charge is 0.319 e. The predicted molar refractivity (Wildman–Crippen MR) is 55.3 cm³/mol. The monoisotopic (exact) mass is 236 g/mol. The average Bonchev–Trinajstić information content (AvgIpc) is 2.15. The SMILES string of the molecule is CN(C)C(=O)N1CCN(S(N)(=O)=O)CC1. The molecule has 0 spiro atoms. The number of hydrogen-bond donors (Lipinski definition) is 1. The maximum atomic E-state index is 11.5. The van der Waals surface area contributed by atoms with E-state index < -0.39 is 10.2 Å². The molecule has 0 radical (unpaired) electrons. The minimum atomic E-state index is -3.61. The fourth-order valence-corrected chi connectivity index (χ4v) is 2.09. The summed E-state index contributed by atoms with van der Waals surface area (Å²) in [4.78, 5) is 14.6. The second kappa shape index (κ2) is 4.33. The zero-order valence-electron chi connectivity index (χ0n) is 8.88. The van der Waals surface area contributed by atoms with Gasteiger partial charge in [-0.15, -0.1) is 0 Å². The Kier molecular flexibility index (Phi) is 3.53. The van der Waals surface area contributed by atoms with Gasteiger partial charge in [0, 0.05) is 40.3 Å². The van der Waals surface area contributed by atoms with Crippen LogP contribution < -0.4 is 5.14 Å². The number of carbonyl (C=O) groups is 1. The van der Waals surface area contributed by atoms with E-state index in [-0.39, 0.29) is 19.1 Å². The van der Waals surface area contributed by atoms with Gasteiger partial charge in [0.05, 0.1) is 0 Å². The van der Waals surface area contributed by atoms with Crippen molar-refractivity contribution in [3.05, 3.63) is 0 Å². The molecule has 0 aromatic carbocycles. The van der Waals surface area contributed by atoms with Gasteiger partial charge in [-0.3, -0.25) is 0 Å². The number of urea groups is 1. The Morgan fingerprint density at radius 1 is 1.20 bits per heavy atom. The quantitative estimate of drug-likeness (QED) is 0.600. The summed E-state index contributed by atoms with van der Waals surface area (Å²) in [5, 5.41) is 4.98. The molecule has 0 unspecified atom stereocenters. The molecule has 0 aromatic rings. The van der Waals surface area contributed by atoms with Crippen LogP contribution in [-0.2, 0) is 10.2 Å². The Bertz CT molecular complexity index is 332. The molecule has 2 N–H and O–H groups in total. The van der Waals surface area contributed by atoms with Crippen molar-refractivity contribution in [1.82, 2.24) is 14.1 Å². The molecule has 0 bridgehead atoms. The van der Waals surface area contributed by atoms with Crippen LogP contribution in [0.5, 0.6) is 0 Å². The first-order valence-electron chi connectivity index (χ1n) is 4.56. The number of hydrogen-bond acceptors (Lipinski definition) is 3. The Balaban J connectivity index is 2.53. The van der Waals surface area contributed by atoms with E-state index >= 15 is 0 Å². The average molecular weight is 236 g/mol. The summed E-state index contributed by atoms with van der Waals surface area (Å²) in [6, 6.07) is -0.107. The molecule has 1 aliphatic rings. The Morgan fingerprint density at radius 2 is 1.67 bits per heavy atom. The van der Waals surface area contributed by atoms with Crippen LogP contribution in [0.1, 0.15) is 0 Å². The van der Waals surface area contributed by atoms with Gasteiger partial charge in [-0.25, -0.2) is 9.93 Å². The van der Waals surface area contributed by atoms with E-state index in [1.807, 2.05) is 0 Å². The topological polar surface area (TPSA) is 86.9 Å². The molecular formula is C7H16N4O3S. The molecule has 0 atom stereocenters. The third-order valence-electron chi connectivity index (χ3n) is 2.25. The lowest BCUT2D eigenvalue weighted by Gasteiger charge is -2.34. The van der Waals surface area contributed by atoms with Crippen molar-refractivity contribution in [3.8, 4) is 0 Å². The van der Waals surface area contributed by atoms with E-state index in [0.29, 0.717) is 13.1 Å². The first-order chi connectivity index (χ1) is 6.82. The van der Waals surface area contributed by atoms with Crippen LogP contribution in [-0.4, -0.2) is 68.8 Å². The van der Waals surface area contributed by atoms with Crippen molar-refractivity contribution >= 4 is 16.2 Å². The van der Waals surface area contributed by atoms with E-state index in [2.05, 4.69) is 0 Å². The molecule has 0 aliphatic carbocycles. The highest BCUT2D eigenvalue weighted by atomic mass is 32.2. The summed E-state index contributed by atoms with van der Waals surface area (Å²) in [6.07, 6.45) is 0. The highest BCUT2D eigenvalue weighted by Gasteiger charge is 2.26. The minimum absolute atomic E-state index is 0.107. The zero-order chi connectivity index (χ0) is 11.6. The summed E-state index contributed by atoms with van der Waals surface area (Å²) in [7, 11) is -0.291. The van der Waals surface area contributed by atoms with E-state index in [1.165, 1.54) is 9.21 Å². The normalized spacial score (nSPS) is 19.0. The second-order valence-electron chi connectivity index (χ2n) is 3.61. The Labute approximate surface area is 89.6 Å². The molecule has 1 heterocycles. The highest BCUT2D eigenvalue weighted by molar-refractivity contribution is 7.86. The Morgan fingerprint density at radius 3 is 2.00 bits per heavy atom. The van der Waals surface area contributed by atoms with Crippen molar-refractivity contribution in [1.29, 1.82) is 0 Å². The predicted octanol–water partition coefficient (Wildman–Crippen LogP) is -1.51. The molecule has 8 heteroatoms. The van der Waals surface area contributed by atoms with Gasteiger partial charge in [0.15, 0.2) is 0 Å². The number of nitrogens with zero attached hydrogens (tertiary/aromatic N) is 3. The number of piperazine rings is 1. The first-order valence-corrected chi connectivity index (χ1v) is 6.07. The van der Waals surface area contributed by atoms with Crippen molar-refractivity contribution in [2.45, 2.75) is 0 Å². The van der Waals surface area contributed by atoms with Gasteiger partial charge in [0.1, 0.15) is 0 Å². The van der Waals surface area contributed by atoms with Crippen LogP contribution in [0.4, 0.5) is 4.79 Å². The number of nitrogens with two attached hydrogens (primary N) is 1. The third-order valence-corrected chi connectivity index (χ3v) is 3.34. The lowest BCUT2D eigenvalue weighted by atomic mass is 10.4. The molecule has 0 saturated carbocycles. The van der Waals surface area contributed by atoms with E-state index in [0.717, 1.165) is 0 Å². The number of amides is 2. The molecule has 1 rings (SSSR count). The van der Waals surface area contributed by atoms with Gasteiger partial charge in [-0.1, -0.05) is 0 Å². The van der Waals surface area contributed by atoms with E-state index in [9.17, 15) is 13.2 Å². The van der Waals surface area contributed by atoms with Crippen LogP contribution in [0.3, 0.4) is 0 Å². The number of carbonyl (C=O) groups excluding carboxylic acids is 1. The van der Waals surface area contributed by atoms with Gasteiger partial charge < -0.3 is 9.80 Å². The van der Waals surface area contributed by atoms with Gasteiger partial charge >= 0.3 is 6.03 Å². The zero-order valence-corrected chi connectivity index (χ0v) is 9.70. The minimum Gasteiger partial charge on any atom is -0.331 e. The lowest BCUT2D eigenvalue weighted by Crippen LogP contribution is -2.54. The second-order valence-corrected chi connectivity index (χ2v) is 5.15. The molecule has 15 heavy (non-hydrogen) atoms. The van der Waals surface area contributed by atoms with E-state index in [4.69, 9.17) is 5.14 Å². The number of rotatable bonds is 1. The van der Waals surface area contributed by atoms with Crippen LogP contribution in [0.25, 0.3) is 0 Å². The molecule has 0 aromatic heterocycles. The first kappa shape index (κ1) is 12.2. The Hall–Kier alpha value is -0.860. The summed E-state index contributed by atoms with van der Waals surface area (Å²) < 4.78 is 23.1. The molecular weight excluding hydrogens is 220 g/mol. The molecule has 7 nitrogen and oxygen atoms in total. The fraction of sp³-hybridized carbons (Fsp3) is 0.857. The van der Waals surface area contributed by atoms with Crippen LogP contribution in [0.15, 0.2) is 0 Å². The van der Waals surface area contributed by atoms with Crippen LogP contribution in [0.2, 0.25) is 0 Å². The van der Waals surface area contributed by atoms with Crippen molar-refractivity contribution in [3.63, 3.8) is 0 Å². The fourth-order valence-electron chi connectivity index (χ4n) is 1.42.